The molecule has 4 bridgehead atoms. The number of hydrogen-bond acceptors (Lipinski definition) is 0. The van der Waals surface area contributed by atoms with Gasteiger partial charge in [0.1, 0.15) is 0 Å². The molecule has 5 aliphatic carbocycles. The minimum Gasteiger partial charge on any atom is -0.126 e. The highest BCUT2D eigenvalue weighted by molar-refractivity contribution is 6.18. The van der Waals surface area contributed by atoms with Crippen LogP contribution in [0, 0.1) is 35.0 Å². The average molecular weight is 183 g/mol. The second kappa shape index (κ2) is 1.73. The van der Waals surface area contributed by atoms with Crippen LogP contribution in [0.3, 0.4) is 0 Å². The summed E-state index contributed by atoms with van der Waals surface area (Å²) in [4.78, 5) is 0. The van der Waals surface area contributed by atoms with Crippen LogP contribution in [0.5, 0.6) is 0 Å². The summed E-state index contributed by atoms with van der Waals surface area (Å²) in [7, 11) is 0. The van der Waals surface area contributed by atoms with Crippen LogP contribution in [0.1, 0.15) is 25.7 Å². The van der Waals surface area contributed by atoms with Crippen LogP contribution in [-0.2, 0) is 0 Å². The van der Waals surface area contributed by atoms with E-state index in [9.17, 15) is 0 Å². The fourth-order valence-electron chi connectivity index (χ4n) is 5.35. The molecule has 0 spiro atoms. The van der Waals surface area contributed by atoms with Gasteiger partial charge in [0, 0.05) is 5.88 Å². The summed E-state index contributed by atoms with van der Waals surface area (Å²) in [5.41, 5.74) is 0.694. The maximum Gasteiger partial charge on any atom is 0.0288 e. The van der Waals surface area contributed by atoms with Crippen molar-refractivity contribution >= 4 is 11.6 Å². The highest BCUT2D eigenvalue weighted by atomic mass is 35.5. The van der Waals surface area contributed by atoms with Crippen LogP contribution < -0.4 is 0 Å². The van der Waals surface area contributed by atoms with Crippen molar-refractivity contribution in [1.29, 1.82) is 0 Å². The molecule has 66 valence electrons. The predicted molar refractivity (Wildman–Crippen MR) is 49.1 cm³/mol. The molecule has 6 atom stereocenters. The summed E-state index contributed by atoms with van der Waals surface area (Å²) >= 11 is 6.18. The van der Waals surface area contributed by atoms with Gasteiger partial charge in [-0.2, -0.15) is 0 Å². The zero-order valence-corrected chi connectivity index (χ0v) is 8.06. The third-order valence-electron chi connectivity index (χ3n) is 5.56. The lowest BCUT2D eigenvalue weighted by Gasteiger charge is -2.40. The van der Waals surface area contributed by atoms with Crippen LogP contribution in [0.15, 0.2) is 0 Å². The molecule has 0 amide bonds. The molecule has 1 heteroatoms. The molecule has 6 unspecified atom stereocenters. The van der Waals surface area contributed by atoms with E-state index in [2.05, 4.69) is 0 Å². The Labute approximate surface area is 78.7 Å². The smallest absolute Gasteiger partial charge is 0.0288 e. The first kappa shape index (κ1) is 6.70. The van der Waals surface area contributed by atoms with E-state index in [-0.39, 0.29) is 0 Å². The molecule has 0 aromatic rings. The van der Waals surface area contributed by atoms with E-state index in [4.69, 9.17) is 11.6 Å². The second-order valence-corrected chi connectivity index (χ2v) is 5.91. The Hall–Kier alpha value is 0.290. The molecule has 0 nitrogen and oxygen atoms in total. The minimum absolute atomic E-state index is 0.694. The van der Waals surface area contributed by atoms with Crippen molar-refractivity contribution in [3.05, 3.63) is 0 Å². The zero-order chi connectivity index (χ0) is 7.92. The van der Waals surface area contributed by atoms with Crippen molar-refractivity contribution in [3.8, 4) is 0 Å². The second-order valence-electron chi connectivity index (χ2n) is 5.64. The van der Waals surface area contributed by atoms with Crippen LogP contribution in [-0.4, -0.2) is 5.88 Å². The Balaban J connectivity index is 1.84. The van der Waals surface area contributed by atoms with Crippen molar-refractivity contribution in [2.45, 2.75) is 25.7 Å². The molecular weight excluding hydrogens is 168 g/mol. The third-order valence-corrected chi connectivity index (χ3v) is 6.03. The maximum atomic E-state index is 6.18. The van der Waals surface area contributed by atoms with E-state index >= 15 is 0 Å². The van der Waals surface area contributed by atoms with Gasteiger partial charge in [-0.3, -0.25) is 0 Å². The van der Waals surface area contributed by atoms with Gasteiger partial charge in [-0.25, -0.2) is 0 Å². The predicted octanol–water partition coefficient (Wildman–Crippen LogP) is 2.91. The molecule has 0 heterocycles. The van der Waals surface area contributed by atoms with Gasteiger partial charge in [0.05, 0.1) is 0 Å². The topological polar surface area (TPSA) is 0 Å². The zero-order valence-electron chi connectivity index (χ0n) is 7.30. The van der Waals surface area contributed by atoms with Gasteiger partial charge in [-0.1, -0.05) is 0 Å². The van der Waals surface area contributed by atoms with Crippen molar-refractivity contribution in [2.24, 2.45) is 35.0 Å². The van der Waals surface area contributed by atoms with Gasteiger partial charge in [-0.15, -0.1) is 11.6 Å². The van der Waals surface area contributed by atoms with Crippen molar-refractivity contribution in [1.82, 2.24) is 0 Å². The number of hydrogen-bond donors (Lipinski definition) is 0. The lowest BCUT2D eigenvalue weighted by atomic mass is 9.65. The van der Waals surface area contributed by atoms with E-state index in [1.54, 1.807) is 19.3 Å². The Morgan fingerprint density at radius 1 is 1.17 bits per heavy atom. The van der Waals surface area contributed by atoms with Crippen LogP contribution in [0.2, 0.25) is 0 Å². The lowest BCUT2D eigenvalue weighted by molar-refractivity contribution is 0.104. The lowest BCUT2D eigenvalue weighted by Crippen LogP contribution is -2.32. The Bertz CT molecular complexity index is 245. The van der Waals surface area contributed by atoms with E-state index in [0.29, 0.717) is 5.41 Å². The number of alkyl halides is 1. The Morgan fingerprint density at radius 3 is 2.83 bits per heavy atom. The van der Waals surface area contributed by atoms with Crippen molar-refractivity contribution < 1.29 is 0 Å². The van der Waals surface area contributed by atoms with E-state index < -0.39 is 0 Å². The highest BCUT2D eigenvalue weighted by Crippen LogP contribution is 2.82. The normalized spacial score (nSPS) is 70.2. The van der Waals surface area contributed by atoms with Gasteiger partial charge >= 0.3 is 0 Å². The molecule has 0 radical (unpaired) electrons. The van der Waals surface area contributed by atoms with Gasteiger partial charge in [-0.05, 0) is 60.7 Å². The van der Waals surface area contributed by atoms with Crippen LogP contribution >= 0.6 is 11.6 Å². The van der Waals surface area contributed by atoms with Crippen molar-refractivity contribution in [2.75, 3.05) is 5.88 Å². The monoisotopic (exact) mass is 182 g/mol. The van der Waals surface area contributed by atoms with E-state index in [1.807, 2.05) is 0 Å². The molecular formula is C11H15Cl. The fourth-order valence-corrected chi connectivity index (χ4v) is 5.94. The van der Waals surface area contributed by atoms with Gasteiger partial charge in [0.2, 0.25) is 0 Å². The van der Waals surface area contributed by atoms with E-state index in [0.717, 1.165) is 35.5 Å². The Kier molecular flexibility index (Phi) is 0.966. The summed E-state index contributed by atoms with van der Waals surface area (Å²) in [6, 6.07) is 0. The maximum absolute atomic E-state index is 6.18. The first-order valence-electron chi connectivity index (χ1n) is 5.42. The summed E-state index contributed by atoms with van der Waals surface area (Å²) in [5, 5.41) is 0. The van der Waals surface area contributed by atoms with Gasteiger partial charge in [0.15, 0.2) is 0 Å². The molecule has 0 aromatic carbocycles. The van der Waals surface area contributed by atoms with Crippen molar-refractivity contribution in [3.63, 3.8) is 0 Å². The molecule has 5 rings (SSSR count). The van der Waals surface area contributed by atoms with Crippen LogP contribution in [0.25, 0.3) is 0 Å². The fraction of sp³-hybridized carbons (Fsp3) is 1.00. The van der Waals surface area contributed by atoms with Gasteiger partial charge < -0.3 is 0 Å². The van der Waals surface area contributed by atoms with E-state index in [1.165, 1.54) is 6.42 Å². The number of halogens is 1. The highest BCUT2D eigenvalue weighted by Gasteiger charge is 2.77. The molecule has 5 saturated carbocycles. The molecule has 12 heavy (non-hydrogen) atoms. The van der Waals surface area contributed by atoms with Gasteiger partial charge in [0.25, 0.3) is 0 Å². The molecule has 0 N–H and O–H groups in total. The molecule has 5 fully saturated rings. The Morgan fingerprint density at radius 2 is 2.08 bits per heavy atom. The summed E-state index contributed by atoms with van der Waals surface area (Å²) < 4.78 is 0. The third kappa shape index (κ3) is 0.474. The largest absolute Gasteiger partial charge is 0.126 e. The first-order chi connectivity index (χ1) is 5.86. The summed E-state index contributed by atoms with van der Waals surface area (Å²) in [6.45, 7) is 0. The molecule has 0 saturated heterocycles. The first-order valence-corrected chi connectivity index (χ1v) is 5.95. The number of rotatable bonds is 1. The molecule has 0 aliphatic heterocycles. The summed E-state index contributed by atoms with van der Waals surface area (Å²) in [6.07, 6.45) is 6.20. The van der Waals surface area contributed by atoms with Crippen LogP contribution in [0.4, 0.5) is 0 Å². The molecule has 5 aliphatic rings. The SMILES string of the molecule is ClCC12C3CC4CC(C3)C1C2C4. The molecule has 0 aromatic heterocycles. The quantitative estimate of drug-likeness (QED) is 0.547. The average Bonchev–Trinajstić information content (AvgIpc) is 2.68. The summed E-state index contributed by atoms with van der Waals surface area (Å²) in [5.74, 6) is 6.46. The minimum atomic E-state index is 0.694. The standard InChI is InChI=1S/C11H15Cl/c12-5-11-8-2-6-1-7(4-8)10(11)9(11)3-6/h6-10H,1-5H2.